The molecule has 3 heterocycles. The molecule has 3 rings (SSSR count). The molecule has 11 heteroatoms. The molecule has 1 atom stereocenters. The highest BCUT2D eigenvalue weighted by Gasteiger charge is 2.29. The minimum Gasteiger partial charge on any atom is -0.368 e. The summed E-state index contributed by atoms with van der Waals surface area (Å²) in [5.74, 6) is 0.317. The number of carbonyl (C=O) groups is 1. The van der Waals surface area contributed by atoms with Crippen LogP contribution < -0.4 is 16.4 Å². The van der Waals surface area contributed by atoms with E-state index in [1.165, 1.54) is 23.5 Å². The number of aromatic nitrogens is 3. The summed E-state index contributed by atoms with van der Waals surface area (Å²) >= 11 is 0. The van der Waals surface area contributed by atoms with Gasteiger partial charge in [-0.2, -0.15) is 9.29 Å². The van der Waals surface area contributed by atoms with Crippen LogP contribution in [-0.2, 0) is 14.8 Å². The van der Waals surface area contributed by atoms with Gasteiger partial charge in [0.1, 0.15) is 10.4 Å². The van der Waals surface area contributed by atoms with Gasteiger partial charge in [-0.05, 0) is 32.3 Å². The van der Waals surface area contributed by atoms with E-state index in [2.05, 4.69) is 32.5 Å². The molecular formula is C21H33N7O3S. The largest absolute Gasteiger partial charge is 0.368 e. The van der Waals surface area contributed by atoms with Gasteiger partial charge in [0.25, 0.3) is 0 Å². The van der Waals surface area contributed by atoms with Gasteiger partial charge in [0.05, 0.1) is 11.1 Å². The van der Waals surface area contributed by atoms with Gasteiger partial charge in [-0.1, -0.05) is 26.2 Å². The highest BCUT2D eigenvalue weighted by molar-refractivity contribution is 7.89. The Balaban J connectivity index is 1.96. The molecule has 0 aliphatic carbocycles. The van der Waals surface area contributed by atoms with E-state index in [1.807, 2.05) is 6.92 Å². The van der Waals surface area contributed by atoms with Crippen LogP contribution in [-0.4, -0.2) is 58.8 Å². The van der Waals surface area contributed by atoms with Gasteiger partial charge in [0.15, 0.2) is 5.82 Å². The Bertz CT molecular complexity index is 1070. The van der Waals surface area contributed by atoms with Crippen molar-refractivity contribution in [3.05, 3.63) is 12.3 Å². The number of fused-ring (bicyclic) bond motifs is 1. The first kappa shape index (κ1) is 24.1. The van der Waals surface area contributed by atoms with Crippen LogP contribution in [0.1, 0.15) is 59.3 Å². The van der Waals surface area contributed by atoms with Gasteiger partial charge in [-0.3, -0.25) is 4.79 Å². The highest BCUT2D eigenvalue weighted by atomic mass is 32.2. The molecule has 2 aromatic heterocycles. The van der Waals surface area contributed by atoms with Crippen LogP contribution in [0.5, 0.6) is 0 Å². The summed E-state index contributed by atoms with van der Waals surface area (Å²) in [6.45, 7) is 7.00. The maximum Gasteiger partial charge on any atom is 0.244 e. The van der Waals surface area contributed by atoms with Crippen molar-refractivity contribution in [2.75, 3.05) is 30.7 Å². The first-order valence-corrected chi connectivity index (χ1v) is 12.5. The molecule has 0 radical (unpaired) electrons. The number of nitrogen functional groups attached to an aromatic ring is 1. The average molecular weight is 464 g/mol. The van der Waals surface area contributed by atoms with Gasteiger partial charge in [-0.15, -0.1) is 0 Å². The Morgan fingerprint density at radius 3 is 2.62 bits per heavy atom. The van der Waals surface area contributed by atoms with Crippen molar-refractivity contribution in [2.24, 2.45) is 0 Å². The van der Waals surface area contributed by atoms with Crippen LogP contribution in [0, 0.1) is 0 Å². The van der Waals surface area contributed by atoms with Crippen LogP contribution in [0.25, 0.3) is 11.0 Å². The standard InChI is InChI=1S/C21H33N7O3S/c1-4-5-9-21(3,14-24-15(2)29)27-19-18-17(25-20(22)26-19)12-16(13-23-18)32(30,31)28-10-7-6-8-11-28/h12-13H,4-11,14H2,1-3H3,(H,24,29)(H3,22,25,26,27)/t21-/m1/s1. The summed E-state index contributed by atoms with van der Waals surface area (Å²) in [6, 6.07) is 1.51. The first-order valence-electron chi connectivity index (χ1n) is 11.1. The van der Waals surface area contributed by atoms with Crippen molar-refractivity contribution >= 4 is 38.7 Å². The minimum absolute atomic E-state index is 0.0201. The number of rotatable bonds is 9. The lowest BCUT2D eigenvalue weighted by Gasteiger charge is -2.32. The molecule has 1 fully saturated rings. The molecular weight excluding hydrogens is 430 g/mol. The van der Waals surface area contributed by atoms with E-state index in [0.29, 0.717) is 36.5 Å². The Morgan fingerprint density at radius 1 is 1.25 bits per heavy atom. The normalized spacial score (nSPS) is 17.1. The van der Waals surface area contributed by atoms with Crippen molar-refractivity contribution in [1.29, 1.82) is 0 Å². The number of hydrogen-bond donors (Lipinski definition) is 3. The summed E-state index contributed by atoms with van der Waals surface area (Å²) < 4.78 is 27.6. The Labute approximate surface area is 189 Å². The van der Waals surface area contributed by atoms with Gasteiger partial charge >= 0.3 is 0 Å². The molecule has 1 aliphatic heterocycles. The van der Waals surface area contributed by atoms with Crippen LogP contribution in [0.4, 0.5) is 11.8 Å². The molecule has 1 saturated heterocycles. The first-order chi connectivity index (χ1) is 15.1. The van der Waals surface area contributed by atoms with E-state index in [9.17, 15) is 13.2 Å². The zero-order chi connectivity index (χ0) is 23.4. The lowest BCUT2D eigenvalue weighted by molar-refractivity contribution is -0.119. The molecule has 1 aliphatic rings. The molecule has 0 aromatic carbocycles. The predicted molar refractivity (Wildman–Crippen MR) is 125 cm³/mol. The van der Waals surface area contributed by atoms with E-state index >= 15 is 0 Å². The van der Waals surface area contributed by atoms with Crippen molar-refractivity contribution in [3.63, 3.8) is 0 Å². The van der Waals surface area contributed by atoms with Crippen molar-refractivity contribution in [2.45, 2.75) is 69.7 Å². The summed E-state index contributed by atoms with van der Waals surface area (Å²) in [4.78, 5) is 24.6. The van der Waals surface area contributed by atoms with Crippen molar-refractivity contribution < 1.29 is 13.2 Å². The molecule has 0 bridgehead atoms. The number of carbonyl (C=O) groups excluding carboxylic acids is 1. The number of amides is 1. The third kappa shape index (κ3) is 5.63. The maximum absolute atomic E-state index is 13.1. The van der Waals surface area contributed by atoms with Crippen LogP contribution in [0.2, 0.25) is 0 Å². The number of unbranched alkanes of at least 4 members (excludes halogenated alkanes) is 1. The number of hydrogen-bond acceptors (Lipinski definition) is 8. The van der Waals surface area contributed by atoms with E-state index in [-0.39, 0.29) is 16.8 Å². The molecule has 32 heavy (non-hydrogen) atoms. The van der Waals surface area contributed by atoms with Gasteiger partial charge in [-0.25, -0.2) is 18.4 Å². The summed E-state index contributed by atoms with van der Waals surface area (Å²) in [7, 11) is -3.64. The van der Waals surface area contributed by atoms with E-state index in [0.717, 1.165) is 38.5 Å². The quantitative estimate of drug-likeness (QED) is 0.514. The highest BCUT2D eigenvalue weighted by Crippen LogP contribution is 2.28. The van der Waals surface area contributed by atoms with E-state index in [1.54, 1.807) is 0 Å². The van der Waals surface area contributed by atoms with Crippen LogP contribution in [0.15, 0.2) is 17.2 Å². The molecule has 2 aromatic rings. The van der Waals surface area contributed by atoms with Crippen molar-refractivity contribution in [1.82, 2.24) is 24.6 Å². The second kappa shape index (κ2) is 9.95. The third-order valence-electron chi connectivity index (χ3n) is 5.71. The number of nitrogens with one attached hydrogen (secondary N) is 2. The van der Waals surface area contributed by atoms with E-state index in [4.69, 9.17) is 5.73 Å². The number of nitrogens with two attached hydrogens (primary N) is 1. The molecule has 4 N–H and O–H groups in total. The zero-order valence-corrected chi connectivity index (χ0v) is 19.8. The maximum atomic E-state index is 13.1. The smallest absolute Gasteiger partial charge is 0.244 e. The van der Waals surface area contributed by atoms with Gasteiger partial charge in [0.2, 0.25) is 21.9 Å². The second-order valence-corrected chi connectivity index (χ2v) is 10.6. The fraction of sp³-hybridized carbons (Fsp3) is 0.619. The SMILES string of the molecule is CCCC[C@](C)(CNC(C)=O)Nc1nc(N)nc2cc(S(=O)(=O)N3CCCCC3)cnc12. The average Bonchev–Trinajstić information content (AvgIpc) is 2.76. The molecule has 10 nitrogen and oxygen atoms in total. The summed E-state index contributed by atoms with van der Waals surface area (Å²) in [5, 5.41) is 6.24. The number of pyridine rings is 1. The van der Waals surface area contributed by atoms with Crippen LogP contribution >= 0.6 is 0 Å². The van der Waals surface area contributed by atoms with Gasteiger partial charge in [0, 0.05) is 32.8 Å². The lowest BCUT2D eigenvalue weighted by atomic mass is 9.94. The fourth-order valence-corrected chi connectivity index (χ4v) is 5.35. The Morgan fingerprint density at radius 2 is 1.97 bits per heavy atom. The topological polar surface area (TPSA) is 143 Å². The van der Waals surface area contributed by atoms with Gasteiger partial charge < -0.3 is 16.4 Å². The number of piperidine rings is 1. The molecule has 0 unspecified atom stereocenters. The van der Waals surface area contributed by atoms with Crippen molar-refractivity contribution in [3.8, 4) is 0 Å². The number of anilines is 2. The van der Waals surface area contributed by atoms with E-state index < -0.39 is 15.6 Å². The summed E-state index contributed by atoms with van der Waals surface area (Å²) in [5.41, 5.74) is 6.25. The fourth-order valence-electron chi connectivity index (χ4n) is 3.87. The summed E-state index contributed by atoms with van der Waals surface area (Å²) in [6.07, 6.45) is 6.84. The number of sulfonamides is 1. The Kier molecular flexibility index (Phi) is 7.50. The predicted octanol–water partition coefficient (Wildman–Crippen LogP) is 2.28. The lowest BCUT2D eigenvalue weighted by Crippen LogP contribution is -2.46. The molecule has 176 valence electrons. The Hall–Kier alpha value is -2.53. The third-order valence-corrected chi connectivity index (χ3v) is 7.57. The van der Waals surface area contributed by atoms with Crippen LogP contribution in [0.3, 0.4) is 0 Å². The molecule has 0 spiro atoms. The molecule has 1 amide bonds. The second-order valence-electron chi connectivity index (χ2n) is 8.63. The molecule has 0 saturated carbocycles. The number of nitrogens with zero attached hydrogens (tertiary/aromatic N) is 4. The minimum atomic E-state index is -3.64. The zero-order valence-electron chi connectivity index (χ0n) is 19.0. The monoisotopic (exact) mass is 463 g/mol.